The molecule has 0 fully saturated rings. The molecule has 0 aliphatic heterocycles. The lowest BCUT2D eigenvalue weighted by atomic mass is 10.2. The van der Waals surface area contributed by atoms with E-state index in [2.05, 4.69) is 19.8 Å². The van der Waals surface area contributed by atoms with Crippen LogP contribution in [0.4, 0.5) is 17.1 Å². The van der Waals surface area contributed by atoms with Gasteiger partial charge in [0.15, 0.2) is 5.88 Å². The molecular formula is C21H20N4O8. The van der Waals surface area contributed by atoms with Gasteiger partial charge in [-0.05, 0) is 24.6 Å². The standard InChI is InChI=1S/C21H20N4O8/c1-12-17(22-2)19(28)25(10-11-33-16(27)9-8-15(26)32-3)20(29)18(12)24-23-14-7-5-4-6-13(14)21(30)31/h4-7,28H,8-11H2,1,3H3,(H,30,31). The Morgan fingerprint density at radius 2 is 1.82 bits per heavy atom. The van der Waals surface area contributed by atoms with E-state index < -0.39 is 29.3 Å². The summed E-state index contributed by atoms with van der Waals surface area (Å²) in [5.41, 5.74) is -1.45. The molecule has 0 unspecified atom stereocenters. The molecule has 1 heterocycles. The number of azo groups is 1. The van der Waals surface area contributed by atoms with Crippen LogP contribution in [-0.4, -0.2) is 46.4 Å². The van der Waals surface area contributed by atoms with Crippen LogP contribution in [0.15, 0.2) is 39.3 Å². The van der Waals surface area contributed by atoms with E-state index in [1.165, 1.54) is 32.2 Å². The van der Waals surface area contributed by atoms with E-state index in [0.717, 1.165) is 4.57 Å². The highest BCUT2D eigenvalue weighted by molar-refractivity contribution is 5.93. The van der Waals surface area contributed by atoms with Crippen LogP contribution in [0, 0.1) is 13.5 Å². The molecule has 2 rings (SSSR count). The van der Waals surface area contributed by atoms with Crippen molar-refractivity contribution in [3.8, 4) is 5.88 Å². The van der Waals surface area contributed by atoms with Crippen molar-refractivity contribution < 1.29 is 34.1 Å². The molecule has 0 radical (unpaired) electrons. The Hall–Kier alpha value is -4.53. The van der Waals surface area contributed by atoms with E-state index >= 15 is 0 Å². The molecule has 172 valence electrons. The summed E-state index contributed by atoms with van der Waals surface area (Å²) in [6.07, 6.45) is -0.396. The number of carboxylic acid groups (broad SMARTS) is 1. The lowest BCUT2D eigenvalue weighted by Gasteiger charge is -2.13. The van der Waals surface area contributed by atoms with E-state index in [0.29, 0.717) is 0 Å². The van der Waals surface area contributed by atoms with Crippen molar-refractivity contribution in [2.24, 2.45) is 10.2 Å². The first-order chi connectivity index (χ1) is 15.7. The third-order valence-electron chi connectivity index (χ3n) is 4.47. The van der Waals surface area contributed by atoms with Crippen molar-refractivity contribution in [1.82, 2.24) is 4.57 Å². The van der Waals surface area contributed by atoms with Gasteiger partial charge in [-0.2, -0.15) is 0 Å². The molecule has 1 aromatic heterocycles. The van der Waals surface area contributed by atoms with Gasteiger partial charge in [0, 0.05) is 0 Å². The van der Waals surface area contributed by atoms with Gasteiger partial charge in [0.05, 0.1) is 38.6 Å². The molecule has 2 aromatic rings. The van der Waals surface area contributed by atoms with E-state index in [1.807, 2.05) is 0 Å². The second-order valence-corrected chi connectivity index (χ2v) is 6.53. The average Bonchev–Trinajstić information content (AvgIpc) is 2.80. The number of benzene rings is 1. The Balaban J connectivity index is 2.32. The first-order valence-corrected chi connectivity index (χ1v) is 9.51. The highest BCUT2D eigenvalue weighted by Gasteiger charge is 2.20. The second kappa shape index (κ2) is 11.2. The van der Waals surface area contributed by atoms with E-state index in [9.17, 15) is 29.4 Å². The van der Waals surface area contributed by atoms with Crippen LogP contribution in [0.1, 0.15) is 28.8 Å². The number of carbonyl (C=O) groups excluding carboxylic acids is 2. The number of hydrogen-bond acceptors (Lipinski definition) is 9. The topological polar surface area (TPSA) is 161 Å². The minimum atomic E-state index is -1.24. The van der Waals surface area contributed by atoms with Gasteiger partial charge in [-0.15, -0.1) is 10.2 Å². The highest BCUT2D eigenvalue weighted by atomic mass is 16.5. The summed E-state index contributed by atoms with van der Waals surface area (Å²) >= 11 is 0. The molecule has 0 saturated heterocycles. The number of methoxy groups -OCH3 is 1. The van der Waals surface area contributed by atoms with Gasteiger partial charge in [0.2, 0.25) is 5.69 Å². The zero-order valence-corrected chi connectivity index (χ0v) is 17.8. The molecular weight excluding hydrogens is 436 g/mol. The lowest BCUT2D eigenvalue weighted by Crippen LogP contribution is -2.24. The number of pyridine rings is 1. The number of nitrogens with zero attached hydrogens (tertiary/aromatic N) is 4. The maximum Gasteiger partial charge on any atom is 0.337 e. The molecule has 33 heavy (non-hydrogen) atoms. The van der Waals surface area contributed by atoms with Crippen LogP contribution >= 0.6 is 0 Å². The van der Waals surface area contributed by atoms with Crippen LogP contribution in [-0.2, 0) is 25.6 Å². The van der Waals surface area contributed by atoms with Gasteiger partial charge in [-0.3, -0.25) is 19.0 Å². The first-order valence-electron chi connectivity index (χ1n) is 9.51. The Kier molecular flexibility index (Phi) is 8.39. The van der Waals surface area contributed by atoms with Gasteiger partial charge in [-0.1, -0.05) is 12.1 Å². The zero-order valence-electron chi connectivity index (χ0n) is 17.8. The smallest absolute Gasteiger partial charge is 0.337 e. The molecule has 0 bridgehead atoms. The van der Waals surface area contributed by atoms with Crippen LogP contribution in [0.3, 0.4) is 0 Å². The van der Waals surface area contributed by atoms with Crippen molar-refractivity contribution in [3.63, 3.8) is 0 Å². The monoisotopic (exact) mass is 456 g/mol. The van der Waals surface area contributed by atoms with Gasteiger partial charge >= 0.3 is 17.9 Å². The molecule has 0 amide bonds. The number of aromatic carboxylic acids is 1. The summed E-state index contributed by atoms with van der Waals surface area (Å²) in [6.45, 7) is 8.07. The number of esters is 2. The summed E-state index contributed by atoms with van der Waals surface area (Å²) in [5.74, 6) is -3.17. The zero-order chi connectivity index (χ0) is 24.5. The van der Waals surface area contributed by atoms with Gasteiger partial charge in [-0.25, -0.2) is 9.64 Å². The van der Waals surface area contributed by atoms with Crippen LogP contribution in [0.25, 0.3) is 4.85 Å². The summed E-state index contributed by atoms with van der Waals surface area (Å²) in [4.78, 5) is 50.2. The minimum absolute atomic E-state index is 0.00711. The normalized spacial score (nSPS) is 10.6. The van der Waals surface area contributed by atoms with E-state index in [1.54, 1.807) is 6.07 Å². The predicted molar refractivity (Wildman–Crippen MR) is 113 cm³/mol. The third kappa shape index (κ3) is 6.01. The lowest BCUT2D eigenvalue weighted by molar-refractivity contribution is -0.149. The molecule has 0 saturated carbocycles. The molecule has 2 N–H and O–H groups in total. The second-order valence-electron chi connectivity index (χ2n) is 6.53. The van der Waals surface area contributed by atoms with Crippen LogP contribution in [0.2, 0.25) is 0 Å². The molecule has 0 aliphatic carbocycles. The summed E-state index contributed by atoms with van der Waals surface area (Å²) in [5, 5.41) is 27.3. The maximum absolute atomic E-state index is 12.9. The molecule has 1 aromatic carbocycles. The third-order valence-corrected chi connectivity index (χ3v) is 4.47. The molecule has 12 nitrogen and oxygen atoms in total. The largest absolute Gasteiger partial charge is 0.503 e. The van der Waals surface area contributed by atoms with Gasteiger partial charge in [0.25, 0.3) is 5.56 Å². The fourth-order valence-electron chi connectivity index (χ4n) is 2.73. The molecule has 12 heteroatoms. The Morgan fingerprint density at radius 3 is 2.45 bits per heavy atom. The molecule has 0 spiro atoms. The van der Waals surface area contributed by atoms with Crippen molar-refractivity contribution in [2.75, 3.05) is 13.7 Å². The fraction of sp³-hybridized carbons (Fsp3) is 0.286. The number of rotatable bonds is 9. The summed E-state index contributed by atoms with van der Waals surface area (Å²) in [6, 6.07) is 5.76. The number of carboxylic acids is 1. The minimum Gasteiger partial charge on any atom is -0.503 e. The number of ether oxygens (including phenoxy) is 2. The fourth-order valence-corrected chi connectivity index (χ4v) is 2.73. The number of aromatic hydroxyl groups is 1. The van der Waals surface area contributed by atoms with Gasteiger partial charge in [0.1, 0.15) is 18.0 Å². The summed E-state index contributed by atoms with van der Waals surface area (Å²) in [7, 11) is 1.18. The summed E-state index contributed by atoms with van der Waals surface area (Å²) < 4.78 is 10.2. The van der Waals surface area contributed by atoms with Crippen molar-refractivity contribution in [3.05, 3.63) is 57.2 Å². The predicted octanol–water partition coefficient (Wildman–Crippen LogP) is 3.02. The quantitative estimate of drug-likeness (QED) is 0.331. The number of hydrogen-bond donors (Lipinski definition) is 2. The van der Waals surface area contributed by atoms with Crippen LogP contribution in [0.5, 0.6) is 5.88 Å². The Labute approximate surface area is 187 Å². The number of carbonyl (C=O) groups is 3. The van der Waals surface area contributed by atoms with Gasteiger partial charge < -0.3 is 19.7 Å². The van der Waals surface area contributed by atoms with E-state index in [-0.39, 0.29) is 54.2 Å². The van der Waals surface area contributed by atoms with Crippen LogP contribution < -0.4 is 5.56 Å². The average molecular weight is 456 g/mol. The SMILES string of the molecule is [C-]#[N+]c1c(C)c(N=Nc2ccccc2C(=O)O)c(=O)n(CCOC(=O)CCC(=O)OC)c1O. The van der Waals surface area contributed by atoms with Crippen molar-refractivity contribution in [1.29, 1.82) is 0 Å². The highest BCUT2D eigenvalue weighted by Crippen LogP contribution is 2.34. The Morgan fingerprint density at radius 1 is 1.15 bits per heavy atom. The first kappa shape index (κ1) is 24.7. The molecule has 0 aliphatic rings. The Bertz CT molecular complexity index is 1210. The van der Waals surface area contributed by atoms with Crippen molar-refractivity contribution in [2.45, 2.75) is 26.3 Å². The number of aromatic nitrogens is 1. The maximum atomic E-state index is 12.9. The van der Waals surface area contributed by atoms with Crippen molar-refractivity contribution >= 4 is 35.0 Å². The van der Waals surface area contributed by atoms with E-state index in [4.69, 9.17) is 11.3 Å². The molecule has 0 atom stereocenters.